The van der Waals surface area contributed by atoms with Gasteiger partial charge in [-0.1, -0.05) is 6.58 Å². The highest BCUT2D eigenvalue weighted by Crippen LogP contribution is 2.30. The first-order chi connectivity index (χ1) is 10.5. The minimum Gasteiger partial charge on any atom is -0.440 e. The fraction of sp³-hybridized carbons (Fsp3) is 0.286. The van der Waals surface area contributed by atoms with Gasteiger partial charge in [0.25, 0.3) is 5.56 Å². The van der Waals surface area contributed by atoms with Gasteiger partial charge >= 0.3 is 5.69 Å². The van der Waals surface area contributed by atoms with Gasteiger partial charge in [0.15, 0.2) is 0 Å². The third-order valence-electron chi connectivity index (χ3n) is 3.33. The number of nitrogens with zero attached hydrogens (tertiary/aromatic N) is 1. The normalized spacial score (nSPS) is 16.2. The Morgan fingerprint density at radius 3 is 2.68 bits per heavy atom. The van der Waals surface area contributed by atoms with Crippen LogP contribution in [0.3, 0.4) is 0 Å². The highest BCUT2D eigenvalue weighted by atomic mass is 79.9. The summed E-state index contributed by atoms with van der Waals surface area (Å²) in [6, 6.07) is 1.77. The molecule has 1 aliphatic rings. The lowest BCUT2D eigenvalue weighted by Crippen LogP contribution is -2.47. The molecule has 1 aliphatic heterocycles. The van der Waals surface area contributed by atoms with Crippen LogP contribution in [0.4, 0.5) is 5.88 Å². The summed E-state index contributed by atoms with van der Waals surface area (Å²) in [5, 5.41) is 0.503. The Labute approximate surface area is 133 Å². The summed E-state index contributed by atoms with van der Waals surface area (Å²) in [6.07, 6.45) is 1.55. The van der Waals surface area contributed by atoms with Crippen molar-refractivity contribution < 1.29 is 9.15 Å². The number of furan rings is 1. The monoisotopic (exact) mass is 367 g/mol. The number of morpholine rings is 1. The first kappa shape index (κ1) is 14.9. The molecule has 2 aromatic rings. The number of aromatic amines is 2. The Hall–Kier alpha value is -2.06. The Kier molecular flexibility index (Phi) is 4.04. The Morgan fingerprint density at radius 1 is 1.27 bits per heavy atom. The molecule has 0 amide bonds. The lowest BCUT2D eigenvalue weighted by Gasteiger charge is -2.26. The van der Waals surface area contributed by atoms with Crippen molar-refractivity contribution in [3.63, 3.8) is 0 Å². The number of H-pyrrole nitrogens is 2. The molecule has 0 saturated carbocycles. The Balaban J connectivity index is 2.04. The zero-order chi connectivity index (χ0) is 15.7. The highest BCUT2D eigenvalue weighted by Gasteiger charge is 2.18. The predicted molar refractivity (Wildman–Crippen MR) is 85.5 cm³/mol. The van der Waals surface area contributed by atoms with Gasteiger partial charge in [-0.05, 0) is 22.0 Å². The van der Waals surface area contributed by atoms with Gasteiger partial charge in [0.1, 0.15) is 5.76 Å². The second-order valence-corrected chi connectivity index (χ2v) is 5.70. The van der Waals surface area contributed by atoms with Gasteiger partial charge in [0.05, 0.1) is 22.9 Å². The van der Waals surface area contributed by atoms with Crippen LogP contribution in [-0.2, 0) is 4.74 Å². The van der Waals surface area contributed by atoms with Crippen molar-refractivity contribution in [2.45, 2.75) is 0 Å². The molecule has 1 saturated heterocycles. The smallest absolute Gasteiger partial charge is 0.326 e. The zero-order valence-electron chi connectivity index (χ0n) is 11.6. The molecule has 22 heavy (non-hydrogen) atoms. The van der Waals surface area contributed by atoms with E-state index < -0.39 is 11.2 Å². The van der Waals surface area contributed by atoms with Crippen molar-refractivity contribution in [3.05, 3.63) is 47.7 Å². The molecule has 0 spiro atoms. The molecule has 7 nitrogen and oxygen atoms in total. The van der Waals surface area contributed by atoms with E-state index in [1.165, 1.54) is 0 Å². The van der Waals surface area contributed by atoms with E-state index in [-0.39, 0.29) is 10.6 Å². The van der Waals surface area contributed by atoms with Crippen molar-refractivity contribution in [1.29, 1.82) is 0 Å². The van der Waals surface area contributed by atoms with Crippen LogP contribution in [-0.4, -0.2) is 36.3 Å². The molecule has 116 valence electrons. The maximum Gasteiger partial charge on any atom is 0.326 e. The van der Waals surface area contributed by atoms with E-state index in [1.54, 1.807) is 12.1 Å². The number of rotatable bonds is 2. The first-order valence-electron chi connectivity index (χ1n) is 6.70. The summed E-state index contributed by atoms with van der Waals surface area (Å²) >= 11 is 3.46. The molecule has 2 aromatic heterocycles. The van der Waals surface area contributed by atoms with Gasteiger partial charge in [-0.3, -0.25) is 9.78 Å². The van der Waals surface area contributed by atoms with Crippen molar-refractivity contribution in [2.75, 3.05) is 31.2 Å². The lowest BCUT2D eigenvalue weighted by atomic mass is 10.3. The fourth-order valence-corrected chi connectivity index (χ4v) is 2.83. The lowest BCUT2D eigenvalue weighted by molar-refractivity contribution is 0.120. The second kappa shape index (κ2) is 5.98. The van der Waals surface area contributed by atoms with Crippen LogP contribution in [0.15, 0.2) is 24.5 Å². The number of aromatic nitrogens is 2. The standard InChI is InChI=1S/C14H14BrN3O4/c1-8-10(12(19)17-14(20)16-8)6-9-7-11(15)13(22-9)18-2-4-21-5-3-18/h6-7H,1-5H2,(H2,16,17,19,20). The van der Waals surface area contributed by atoms with E-state index in [0.717, 1.165) is 17.6 Å². The van der Waals surface area contributed by atoms with Crippen molar-refractivity contribution >= 4 is 34.5 Å². The zero-order valence-corrected chi connectivity index (χ0v) is 13.2. The third kappa shape index (κ3) is 2.93. The van der Waals surface area contributed by atoms with Crippen LogP contribution in [0, 0.1) is 0 Å². The van der Waals surface area contributed by atoms with Gasteiger partial charge in [-0.25, -0.2) is 4.79 Å². The van der Waals surface area contributed by atoms with E-state index in [0.29, 0.717) is 24.9 Å². The summed E-state index contributed by atoms with van der Waals surface area (Å²) in [5.41, 5.74) is -1.09. The van der Waals surface area contributed by atoms with E-state index in [4.69, 9.17) is 9.15 Å². The summed E-state index contributed by atoms with van der Waals surface area (Å²) in [4.78, 5) is 29.7. The van der Waals surface area contributed by atoms with Gasteiger partial charge in [-0.2, -0.15) is 0 Å². The molecule has 0 radical (unpaired) electrons. The van der Waals surface area contributed by atoms with Gasteiger partial charge in [-0.15, -0.1) is 0 Å². The van der Waals surface area contributed by atoms with E-state index in [2.05, 4.69) is 37.4 Å². The summed E-state index contributed by atoms with van der Waals surface area (Å²) in [6.45, 7) is 6.45. The molecule has 8 heteroatoms. The van der Waals surface area contributed by atoms with Crippen molar-refractivity contribution in [3.8, 4) is 0 Å². The number of hydrogen-bond acceptors (Lipinski definition) is 5. The van der Waals surface area contributed by atoms with Gasteiger partial charge in [0.2, 0.25) is 5.88 Å². The summed E-state index contributed by atoms with van der Waals surface area (Å²) in [5.74, 6) is 1.19. The molecule has 3 rings (SSSR count). The third-order valence-corrected chi connectivity index (χ3v) is 3.90. The first-order valence-corrected chi connectivity index (χ1v) is 7.49. The molecule has 1 fully saturated rings. The topological polar surface area (TPSA) is 91.3 Å². The number of hydrogen-bond donors (Lipinski definition) is 2. The highest BCUT2D eigenvalue weighted by molar-refractivity contribution is 9.10. The molecule has 3 heterocycles. The minimum absolute atomic E-state index is 0.245. The quantitative estimate of drug-likeness (QED) is 0.746. The van der Waals surface area contributed by atoms with Crippen LogP contribution in [0.5, 0.6) is 0 Å². The second-order valence-electron chi connectivity index (χ2n) is 4.85. The molecular formula is C14H14BrN3O4. The van der Waals surface area contributed by atoms with Crippen LogP contribution in [0.2, 0.25) is 0 Å². The number of anilines is 1. The minimum atomic E-state index is -0.582. The number of halogens is 1. The predicted octanol–water partition coefficient (Wildman–Crippen LogP) is -0.506. The van der Waals surface area contributed by atoms with Crippen LogP contribution in [0.1, 0.15) is 5.76 Å². The van der Waals surface area contributed by atoms with E-state index >= 15 is 0 Å². The van der Waals surface area contributed by atoms with Crippen molar-refractivity contribution in [2.24, 2.45) is 0 Å². The van der Waals surface area contributed by atoms with Crippen molar-refractivity contribution in [1.82, 2.24) is 9.97 Å². The number of ether oxygens (including phenoxy) is 1. The molecule has 0 aromatic carbocycles. The molecule has 0 bridgehead atoms. The SMILES string of the molecule is C=c1[nH]c(=O)[nH]c(=O)c1=Cc1cc(Br)c(N2CCOCC2)o1. The van der Waals surface area contributed by atoms with E-state index in [9.17, 15) is 9.59 Å². The van der Waals surface area contributed by atoms with Crippen LogP contribution < -0.4 is 26.7 Å². The largest absolute Gasteiger partial charge is 0.440 e. The van der Waals surface area contributed by atoms with Gasteiger partial charge < -0.3 is 19.0 Å². The summed E-state index contributed by atoms with van der Waals surface area (Å²) in [7, 11) is 0. The van der Waals surface area contributed by atoms with E-state index in [1.807, 2.05) is 0 Å². The molecule has 0 unspecified atom stereocenters. The van der Waals surface area contributed by atoms with Crippen LogP contribution in [0.25, 0.3) is 12.7 Å². The Morgan fingerprint density at radius 2 is 2.00 bits per heavy atom. The number of nitrogens with one attached hydrogen (secondary N) is 2. The average Bonchev–Trinajstić information content (AvgIpc) is 2.84. The van der Waals surface area contributed by atoms with Gasteiger partial charge in [0, 0.05) is 24.5 Å². The average molecular weight is 368 g/mol. The van der Waals surface area contributed by atoms with Crippen LogP contribution >= 0.6 is 15.9 Å². The Bertz CT molecular complexity index is 868. The maximum atomic E-state index is 11.8. The summed E-state index contributed by atoms with van der Waals surface area (Å²) < 4.78 is 11.9. The molecule has 2 N–H and O–H groups in total. The maximum absolute atomic E-state index is 11.8. The molecular weight excluding hydrogens is 354 g/mol. The fourth-order valence-electron chi connectivity index (χ4n) is 2.27. The molecule has 0 aliphatic carbocycles. The molecule has 0 atom stereocenters.